The molecule has 0 unspecified atom stereocenters. The van der Waals surface area contributed by atoms with Gasteiger partial charge in [-0.25, -0.2) is 9.48 Å². The summed E-state index contributed by atoms with van der Waals surface area (Å²) in [6.07, 6.45) is 2.62. The van der Waals surface area contributed by atoms with E-state index in [4.69, 9.17) is 21.1 Å². The number of benzene rings is 2. The number of anilines is 1. The first-order valence-corrected chi connectivity index (χ1v) is 13.1. The molecule has 0 bridgehead atoms. The second-order valence-electron chi connectivity index (χ2n) is 10.6. The van der Waals surface area contributed by atoms with Crippen molar-refractivity contribution in [3.63, 3.8) is 0 Å². The molecule has 1 aromatic heterocycles. The van der Waals surface area contributed by atoms with Crippen LogP contribution in [0.25, 0.3) is 5.69 Å². The Hall–Kier alpha value is -3.52. The second-order valence-corrected chi connectivity index (χ2v) is 11.0. The molecule has 2 amide bonds. The molecule has 202 valence electrons. The summed E-state index contributed by atoms with van der Waals surface area (Å²) in [7, 11) is 1.57. The van der Waals surface area contributed by atoms with Crippen LogP contribution in [-0.4, -0.2) is 52.5 Å². The fourth-order valence-electron chi connectivity index (χ4n) is 4.71. The lowest BCUT2D eigenvalue weighted by Gasteiger charge is -2.34. The van der Waals surface area contributed by atoms with Gasteiger partial charge in [-0.3, -0.25) is 4.79 Å². The zero-order chi connectivity index (χ0) is 27.6. The Balaban J connectivity index is 1.68. The Kier molecular flexibility index (Phi) is 8.02. The Morgan fingerprint density at radius 1 is 1.11 bits per heavy atom. The molecule has 1 aliphatic heterocycles. The number of likely N-dealkylation sites (tertiary alicyclic amines) is 1. The predicted molar refractivity (Wildman–Crippen MR) is 149 cm³/mol. The van der Waals surface area contributed by atoms with E-state index in [1.165, 1.54) is 0 Å². The summed E-state index contributed by atoms with van der Waals surface area (Å²) in [5, 5.41) is 8.29. The minimum absolute atomic E-state index is 0.00489. The van der Waals surface area contributed by atoms with Gasteiger partial charge in [-0.1, -0.05) is 23.7 Å². The SMILES string of the molecule is COc1ccc(C)cc1NC(=O)c1cnn(-c2cccc(Cl)c2C)c1C1CCN(C(=O)OC(C)(C)C)CC1. The maximum atomic E-state index is 13.7. The molecule has 0 atom stereocenters. The monoisotopic (exact) mass is 538 g/mol. The third-order valence-electron chi connectivity index (χ3n) is 6.65. The number of nitrogens with one attached hydrogen (secondary N) is 1. The number of methoxy groups -OCH3 is 1. The van der Waals surface area contributed by atoms with Gasteiger partial charge in [0.05, 0.1) is 35.9 Å². The molecule has 4 rings (SSSR count). The van der Waals surface area contributed by atoms with Crippen LogP contribution in [0.2, 0.25) is 5.02 Å². The van der Waals surface area contributed by atoms with Crippen LogP contribution in [0.3, 0.4) is 0 Å². The van der Waals surface area contributed by atoms with E-state index in [9.17, 15) is 9.59 Å². The summed E-state index contributed by atoms with van der Waals surface area (Å²) in [5.74, 6) is 0.299. The van der Waals surface area contributed by atoms with E-state index >= 15 is 0 Å². The summed E-state index contributed by atoms with van der Waals surface area (Å²) < 4.78 is 12.8. The number of rotatable bonds is 5. The van der Waals surface area contributed by atoms with E-state index in [-0.39, 0.29) is 17.9 Å². The number of hydrogen-bond acceptors (Lipinski definition) is 5. The van der Waals surface area contributed by atoms with Crippen molar-refractivity contribution < 1.29 is 19.1 Å². The first-order valence-electron chi connectivity index (χ1n) is 12.8. The Bertz CT molecular complexity index is 1340. The predicted octanol–water partition coefficient (Wildman–Crippen LogP) is 6.52. The topological polar surface area (TPSA) is 85.7 Å². The summed E-state index contributed by atoms with van der Waals surface area (Å²) in [5.41, 5.74) is 3.99. The molecule has 0 saturated carbocycles. The smallest absolute Gasteiger partial charge is 0.410 e. The molecule has 0 aliphatic carbocycles. The number of nitrogens with zero attached hydrogens (tertiary/aromatic N) is 3. The van der Waals surface area contributed by atoms with Gasteiger partial charge in [-0.15, -0.1) is 0 Å². The number of amides is 2. The fourth-order valence-corrected chi connectivity index (χ4v) is 4.88. The lowest BCUT2D eigenvalue weighted by molar-refractivity contribution is 0.0203. The van der Waals surface area contributed by atoms with Crippen molar-refractivity contribution in [3.05, 3.63) is 70.0 Å². The van der Waals surface area contributed by atoms with Crippen molar-refractivity contribution in [1.82, 2.24) is 14.7 Å². The zero-order valence-corrected chi connectivity index (χ0v) is 23.6. The van der Waals surface area contributed by atoms with Crippen molar-refractivity contribution in [1.29, 1.82) is 0 Å². The second kappa shape index (κ2) is 11.1. The molecule has 1 saturated heterocycles. The van der Waals surface area contributed by atoms with E-state index < -0.39 is 5.60 Å². The van der Waals surface area contributed by atoms with Gasteiger partial charge in [-0.2, -0.15) is 5.10 Å². The largest absolute Gasteiger partial charge is 0.495 e. The Labute approximate surface area is 228 Å². The first-order chi connectivity index (χ1) is 18.0. The highest BCUT2D eigenvalue weighted by atomic mass is 35.5. The van der Waals surface area contributed by atoms with E-state index in [2.05, 4.69) is 10.4 Å². The van der Waals surface area contributed by atoms with Crippen LogP contribution >= 0.6 is 11.6 Å². The molecule has 1 fully saturated rings. The van der Waals surface area contributed by atoms with Crippen LogP contribution < -0.4 is 10.1 Å². The van der Waals surface area contributed by atoms with Crippen molar-refractivity contribution in [2.45, 2.75) is 59.0 Å². The molecular weight excluding hydrogens is 504 g/mol. The number of halogens is 1. The van der Waals surface area contributed by atoms with Gasteiger partial charge < -0.3 is 19.7 Å². The Morgan fingerprint density at radius 3 is 2.47 bits per heavy atom. The summed E-state index contributed by atoms with van der Waals surface area (Å²) in [6, 6.07) is 11.3. The quantitative estimate of drug-likeness (QED) is 0.400. The van der Waals surface area contributed by atoms with Crippen LogP contribution in [0.1, 0.15) is 66.7 Å². The zero-order valence-electron chi connectivity index (χ0n) is 22.8. The molecule has 1 N–H and O–H groups in total. The van der Waals surface area contributed by atoms with Gasteiger partial charge in [0.2, 0.25) is 0 Å². The van der Waals surface area contributed by atoms with E-state index in [1.54, 1.807) is 18.2 Å². The maximum absolute atomic E-state index is 13.7. The van der Waals surface area contributed by atoms with Crippen molar-refractivity contribution >= 4 is 29.3 Å². The molecule has 2 heterocycles. The third kappa shape index (κ3) is 5.96. The maximum Gasteiger partial charge on any atom is 0.410 e. The molecule has 3 aromatic rings. The van der Waals surface area contributed by atoms with Gasteiger partial charge in [0.25, 0.3) is 5.91 Å². The van der Waals surface area contributed by atoms with Crippen molar-refractivity contribution in [2.75, 3.05) is 25.5 Å². The molecule has 9 heteroatoms. The normalized spacial score (nSPS) is 14.3. The summed E-state index contributed by atoms with van der Waals surface area (Å²) >= 11 is 6.44. The average Bonchev–Trinajstić information content (AvgIpc) is 3.30. The highest BCUT2D eigenvalue weighted by Gasteiger charge is 2.32. The molecule has 0 radical (unpaired) electrons. The van der Waals surface area contributed by atoms with Crippen LogP contribution in [0, 0.1) is 13.8 Å². The van der Waals surface area contributed by atoms with E-state index in [0.717, 1.165) is 22.5 Å². The fraction of sp³-hybridized carbons (Fsp3) is 0.414. The number of piperidine rings is 1. The van der Waals surface area contributed by atoms with Gasteiger partial charge in [0, 0.05) is 24.0 Å². The lowest BCUT2D eigenvalue weighted by atomic mass is 9.90. The molecule has 1 aliphatic rings. The van der Waals surface area contributed by atoms with Crippen LogP contribution in [-0.2, 0) is 4.74 Å². The van der Waals surface area contributed by atoms with Gasteiger partial charge in [-0.05, 0) is 82.9 Å². The first kappa shape index (κ1) is 27.5. The third-order valence-corrected chi connectivity index (χ3v) is 7.06. The standard InChI is InChI=1S/C29H35ClN4O4/c1-18-10-11-25(37-6)23(16-18)32-27(35)21-17-31-34(24-9-7-8-22(30)19(24)2)26(21)20-12-14-33(15-13-20)28(36)38-29(3,4)5/h7-11,16-17,20H,12-15H2,1-6H3,(H,32,35). The Morgan fingerprint density at radius 2 is 1.82 bits per heavy atom. The number of hydrogen-bond donors (Lipinski definition) is 1. The minimum Gasteiger partial charge on any atom is -0.495 e. The highest BCUT2D eigenvalue weighted by Crippen LogP contribution is 2.35. The van der Waals surface area contributed by atoms with Gasteiger partial charge in [0.1, 0.15) is 11.4 Å². The summed E-state index contributed by atoms with van der Waals surface area (Å²) in [4.78, 5) is 28.0. The van der Waals surface area contributed by atoms with Gasteiger partial charge >= 0.3 is 6.09 Å². The van der Waals surface area contributed by atoms with Crippen molar-refractivity contribution in [3.8, 4) is 11.4 Å². The van der Waals surface area contributed by atoms with Crippen LogP contribution in [0.15, 0.2) is 42.6 Å². The number of aromatic nitrogens is 2. The number of carbonyl (C=O) groups excluding carboxylic acids is 2. The molecule has 0 spiro atoms. The molecule has 8 nitrogen and oxygen atoms in total. The van der Waals surface area contributed by atoms with E-state index in [0.29, 0.717) is 48.0 Å². The molecule has 38 heavy (non-hydrogen) atoms. The van der Waals surface area contributed by atoms with Gasteiger partial charge in [0.15, 0.2) is 0 Å². The van der Waals surface area contributed by atoms with Crippen LogP contribution in [0.4, 0.5) is 10.5 Å². The highest BCUT2D eigenvalue weighted by molar-refractivity contribution is 6.31. The van der Waals surface area contributed by atoms with Crippen LogP contribution in [0.5, 0.6) is 5.75 Å². The molecular formula is C29H35ClN4O4. The van der Waals surface area contributed by atoms with E-state index in [1.807, 2.05) is 75.7 Å². The lowest BCUT2D eigenvalue weighted by Crippen LogP contribution is -2.41. The molecule has 2 aromatic carbocycles. The number of carbonyl (C=O) groups is 2. The van der Waals surface area contributed by atoms with Crippen molar-refractivity contribution in [2.24, 2.45) is 0 Å². The number of ether oxygens (including phenoxy) is 2. The minimum atomic E-state index is -0.557. The summed E-state index contributed by atoms with van der Waals surface area (Å²) in [6.45, 7) is 10.5. The average molecular weight is 539 g/mol. The number of aryl methyl sites for hydroxylation is 1.